The second-order valence-corrected chi connectivity index (χ2v) is 6.90. The van der Waals surface area contributed by atoms with Gasteiger partial charge in [0.05, 0.1) is 0 Å². The van der Waals surface area contributed by atoms with E-state index in [1.54, 1.807) is 36.0 Å². The van der Waals surface area contributed by atoms with Crippen LogP contribution in [0, 0.1) is 18.3 Å². The van der Waals surface area contributed by atoms with Gasteiger partial charge in [-0.2, -0.15) is 5.26 Å². The first-order valence-electron chi connectivity index (χ1n) is 9.73. The number of carbonyl (C=O) groups is 2. The Hall–Kier alpha value is -4.65. The van der Waals surface area contributed by atoms with Crippen molar-refractivity contribution >= 4 is 17.8 Å². The number of nitriles is 1. The first-order chi connectivity index (χ1) is 15.5. The summed E-state index contributed by atoms with van der Waals surface area (Å²) < 4.78 is 8.57. The fourth-order valence-electron chi connectivity index (χ4n) is 3.15. The van der Waals surface area contributed by atoms with Gasteiger partial charge in [0.15, 0.2) is 0 Å². The van der Waals surface area contributed by atoms with E-state index in [-0.39, 0.29) is 35.4 Å². The van der Waals surface area contributed by atoms with Crippen LogP contribution < -0.4 is 10.6 Å². The number of nitrogens with zero attached hydrogens (tertiary/aromatic N) is 5. The summed E-state index contributed by atoms with van der Waals surface area (Å²) in [7, 11) is 0. The summed E-state index contributed by atoms with van der Waals surface area (Å²) in [6, 6.07) is 15.1. The molecule has 2 amide bonds. The molecule has 4 aromatic rings. The molecule has 0 saturated heterocycles. The van der Waals surface area contributed by atoms with Crippen molar-refractivity contribution in [2.45, 2.75) is 20.0 Å². The Morgan fingerprint density at radius 1 is 1.16 bits per heavy atom. The fourth-order valence-corrected chi connectivity index (χ4v) is 3.15. The number of aromatic nitrogens is 4. The van der Waals surface area contributed by atoms with E-state index >= 15 is 0 Å². The van der Waals surface area contributed by atoms with Gasteiger partial charge < -0.3 is 9.73 Å². The van der Waals surface area contributed by atoms with E-state index in [0.717, 1.165) is 5.56 Å². The van der Waals surface area contributed by atoms with Gasteiger partial charge in [0.25, 0.3) is 5.91 Å². The predicted molar refractivity (Wildman–Crippen MR) is 114 cm³/mol. The van der Waals surface area contributed by atoms with E-state index in [1.165, 1.54) is 11.0 Å². The molecule has 0 radical (unpaired) electrons. The van der Waals surface area contributed by atoms with Crippen molar-refractivity contribution in [2.75, 3.05) is 5.32 Å². The minimum absolute atomic E-state index is 0.0119. The molecule has 3 aromatic heterocycles. The number of nitrogens with one attached hydrogen (secondary N) is 2. The van der Waals surface area contributed by atoms with E-state index in [4.69, 9.17) is 4.42 Å². The van der Waals surface area contributed by atoms with Gasteiger partial charge >= 0.3 is 0 Å². The van der Waals surface area contributed by atoms with Gasteiger partial charge in [0.2, 0.25) is 17.7 Å². The van der Waals surface area contributed by atoms with Gasteiger partial charge in [-0.15, -0.1) is 5.10 Å². The minimum atomic E-state index is -0.576. The summed E-state index contributed by atoms with van der Waals surface area (Å²) >= 11 is 0. The molecule has 0 spiro atoms. The third-order valence-corrected chi connectivity index (χ3v) is 4.64. The summed E-state index contributed by atoms with van der Waals surface area (Å²) in [5.74, 6) is -0.257. The van der Waals surface area contributed by atoms with E-state index in [0.29, 0.717) is 12.3 Å². The standard InChI is InChI=1S/C22H19N7O3/c1-15-19(17(11-23)21(32-15)28-9-5-6-10-28)20(31)26-22-25-14-29(27-22)13-18(30)24-12-16-7-3-2-4-8-16/h2-10,14H,12-13H2,1H3,(H,24,30)(H,26,27,31). The monoisotopic (exact) mass is 429 g/mol. The highest BCUT2D eigenvalue weighted by Gasteiger charge is 2.25. The molecule has 0 unspecified atom stereocenters. The zero-order valence-electron chi connectivity index (χ0n) is 17.1. The minimum Gasteiger partial charge on any atom is -0.443 e. The zero-order chi connectivity index (χ0) is 22.5. The molecule has 2 N–H and O–H groups in total. The van der Waals surface area contributed by atoms with Gasteiger partial charge in [-0.25, -0.2) is 9.67 Å². The molecule has 10 nitrogen and oxygen atoms in total. The lowest BCUT2D eigenvalue weighted by molar-refractivity contribution is -0.122. The molecule has 0 aliphatic heterocycles. The number of hydrogen-bond acceptors (Lipinski definition) is 6. The summed E-state index contributed by atoms with van der Waals surface area (Å²) in [6.45, 7) is 1.95. The van der Waals surface area contributed by atoms with Crippen LogP contribution in [0.25, 0.3) is 5.88 Å². The normalized spacial score (nSPS) is 10.5. The maximum atomic E-state index is 12.8. The van der Waals surface area contributed by atoms with Crippen LogP contribution in [0.2, 0.25) is 0 Å². The Morgan fingerprint density at radius 3 is 2.62 bits per heavy atom. The highest BCUT2D eigenvalue weighted by molar-refractivity contribution is 6.06. The van der Waals surface area contributed by atoms with Crippen LogP contribution in [-0.2, 0) is 17.9 Å². The molecule has 160 valence electrons. The summed E-state index contributed by atoms with van der Waals surface area (Å²) in [5.41, 5.74) is 1.19. The number of rotatable bonds is 7. The van der Waals surface area contributed by atoms with E-state index in [2.05, 4.69) is 20.7 Å². The number of amides is 2. The molecule has 0 bridgehead atoms. The average molecular weight is 429 g/mol. The van der Waals surface area contributed by atoms with Crippen molar-refractivity contribution in [3.63, 3.8) is 0 Å². The maximum Gasteiger partial charge on any atom is 0.263 e. The van der Waals surface area contributed by atoms with Crippen molar-refractivity contribution in [3.8, 4) is 12.0 Å². The molecule has 0 atom stereocenters. The number of hydrogen-bond donors (Lipinski definition) is 2. The Balaban J connectivity index is 1.41. The van der Waals surface area contributed by atoms with Gasteiger partial charge in [-0.05, 0) is 24.6 Å². The van der Waals surface area contributed by atoms with Gasteiger partial charge in [-0.3, -0.25) is 19.5 Å². The highest BCUT2D eigenvalue weighted by atomic mass is 16.4. The molecule has 0 fully saturated rings. The Kier molecular flexibility index (Phi) is 5.81. The highest BCUT2D eigenvalue weighted by Crippen LogP contribution is 2.26. The van der Waals surface area contributed by atoms with Crippen LogP contribution in [0.4, 0.5) is 5.95 Å². The molecular weight excluding hydrogens is 410 g/mol. The van der Waals surface area contributed by atoms with Crippen LogP contribution >= 0.6 is 0 Å². The third kappa shape index (κ3) is 4.41. The van der Waals surface area contributed by atoms with Crippen molar-refractivity contribution in [1.29, 1.82) is 5.26 Å². The zero-order valence-corrected chi connectivity index (χ0v) is 17.1. The molecular formula is C22H19N7O3. The lowest BCUT2D eigenvalue weighted by atomic mass is 10.1. The first-order valence-corrected chi connectivity index (χ1v) is 9.73. The summed E-state index contributed by atoms with van der Waals surface area (Å²) in [6.07, 6.45) is 4.77. The smallest absolute Gasteiger partial charge is 0.263 e. The van der Waals surface area contributed by atoms with Crippen LogP contribution in [-0.4, -0.2) is 31.1 Å². The van der Waals surface area contributed by atoms with Gasteiger partial charge in [0, 0.05) is 18.9 Å². The molecule has 0 saturated carbocycles. The molecule has 4 rings (SSSR count). The van der Waals surface area contributed by atoms with Crippen molar-refractivity contribution in [3.05, 3.63) is 83.6 Å². The number of anilines is 1. The third-order valence-electron chi connectivity index (χ3n) is 4.64. The Labute approximate surface area is 183 Å². The maximum absolute atomic E-state index is 12.8. The van der Waals surface area contributed by atoms with Gasteiger partial charge in [-0.1, -0.05) is 30.3 Å². The molecule has 0 aliphatic rings. The topological polar surface area (TPSA) is 131 Å². The number of benzene rings is 1. The van der Waals surface area contributed by atoms with Crippen molar-refractivity contribution in [1.82, 2.24) is 24.6 Å². The van der Waals surface area contributed by atoms with E-state index in [9.17, 15) is 14.9 Å². The quantitative estimate of drug-likeness (QED) is 0.464. The number of carbonyl (C=O) groups excluding carboxylic acids is 2. The second-order valence-electron chi connectivity index (χ2n) is 6.90. The Bertz CT molecular complexity index is 1280. The van der Waals surface area contributed by atoms with Crippen LogP contribution in [0.15, 0.2) is 65.6 Å². The van der Waals surface area contributed by atoms with Crippen LogP contribution in [0.5, 0.6) is 0 Å². The van der Waals surface area contributed by atoms with Crippen LogP contribution in [0.1, 0.15) is 27.2 Å². The first kappa shape index (κ1) is 20.6. The number of furan rings is 1. The van der Waals surface area contributed by atoms with E-state index in [1.807, 2.05) is 36.4 Å². The lowest BCUT2D eigenvalue weighted by Crippen LogP contribution is -2.27. The average Bonchev–Trinajstić information content (AvgIpc) is 3.53. The second kappa shape index (κ2) is 9.01. The summed E-state index contributed by atoms with van der Waals surface area (Å²) in [5, 5.41) is 19.0. The fraction of sp³-hybridized carbons (Fsp3) is 0.136. The van der Waals surface area contributed by atoms with Gasteiger partial charge in [0.1, 0.15) is 35.8 Å². The lowest BCUT2D eigenvalue weighted by Gasteiger charge is -2.05. The summed E-state index contributed by atoms with van der Waals surface area (Å²) in [4.78, 5) is 28.9. The molecule has 32 heavy (non-hydrogen) atoms. The predicted octanol–water partition coefficient (Wildman–Crippen LogP) is 2.41. The largest absolute Gasteiger partial charge is 0.443 e. The van der Waals surface area contributed by atoms with Crippen molar-refractivity contribution in [2.24, 2.45) is 0 Å². The number of aryl methyl sites for hydroxylation is 1. The molecule has 0 aliphatic carbocycles. The Morgan fingerprint density at radius 2 is 1.91 bits per heavy atom. The molecule has 3 heterocycles. The SMILES string of the molecule is Cc1oc(-n2cccc2)c(C#N)c1C(=O)Nc1ncn(CC(=O)NCc2ccccc2)n1. The van der Waals surface area contributed by atoms with Crippen molar-refractivity contribution < 1.29 is 14.0 Å². The van der Waals surface area contributed by atoms with E-state index < -0.39 is 5.91 Å². The molecule has 10 heteroatoms. The van der Waals surface area contributed by atoms with Crippen LogP contribution in [0.3, 0.4) is 0 Å². The molecule has 1 aromatic carbocycles.